The van der Waals surface area contributed by atoms with Crippen molar-refractivity contribution in [2.75, 3.05) is 18.5 Å². The first-order valence-electron chi connectivity index (χ1n) is 9.41. The molecule has 0 unspecified atom stereocenters. The highest BCUT2D eigenvalue weighted by molar-refractivity contribution is 7.89. The van der Waals surface area contributed by atoms with Crippen LogP contribution in [0.5, 0.6) is 0 Å². The van der Waals surface area contributed by atoms with Gasteiger partial charge in [0.2, 0.25) is 10.0 Å². The quantitative estimate of drug-likeness (QED) is 0.595. The number of amides is 1. The molecule has 2 N–H and O–H groups in total. The van der Waals surface area contributed by atoms with Crippen molar-refractivity contribution in [3.8, 4) is 0 Å². The van der Waals surface area contributed by atoms with Crippen molar-refractivity contribution in [2.45, 2.75) is 30.8 Å². The number of nitrogens with one attached hydrogen (secondary N) is 2. The van der Waals surface area contributed by atoms with E-state index in [9.17, 15) is 13.2 Å². The second-order valence-electron chi connectivity index (χ2n) is 7.00. The Hall–Kier alpha value is -2.46. The predicted molar refractivity (Wildman–Crippen MR) is 112 cm³/mol. The van der Waals surface area contributed by atoms with Gasteiger partial charge in [-0.1, -0.05) is 11.6 Å². The first-order chi connectivity index (χ1) is 14.3. The van der Waals surface area contributed by atoms with E-state index in [0.717, 1.165) is 12.8 Å². The summed E-state index contributed by atoms with van der Waals surface area (Å²) >= 11 is 6.11. The average Bonchev–Trinajstić information content (AvgIpc) is 3.35. The molecule has 8 nitrogen and oxygen atoms in total. The normalized spacial score (nSPS) is 16.8. The highest BCUT2D eigenvalue weighted by Crippen LogP contribution is 2.25. The highest BCUT2D eigenvalue weighted by atomic mass is 35.5. The molecule has 1 aliphatic rings. The zero-order valence-electron chi connectivity index (χ0n) is 16.1. The smallest absolute Gasteiger partial charge is 0.255 e. The Morgan fingerprint density at radius 3 is 2.87 bits per heavy atom. The molecule has 3 aromatic rings. The molecular weight excluding hydrogens is 430 g/mol. The molecule has 158 valence electrons. The molecule has 30 heavy (non-hydrogen) atoms. The van der Waals surface area contributed by atoms with Crippen molar-refractivity contribution in [3.63, 3.8) is 0 Å². The van der Waals surface area contributed by atoms with Gasteiger partial charge in [0.25, 0.3) is 5.91 Å². The number of oxazole rings is 1. The fourth-order valence-electron chi connectivity index (χ4n) is 3.26. The van der Waals surface area contributed by atoms with Crippen molar-refractivity contribution >= 4 is 44.3 Å². The maximum Gasteiger partial charge on any atom is 0.255 e. The molecule has 1 atom stereocenters. The number of fused-ring (bicyclic) bond motifs is 1. The third kappa shape index (κ3) is 4.49. The number of halogens is 1. The summed E-state index contributed by atoms with van der Waals surface area (Å²) in [7, 11) is -3.90. The van der Waals surface area contributed by atoms with Crippen LogP contribution in [0, 0.1) is 6.92 Å². The molecule has 0 radical (unpaired) electrons. The number of carbonyl (C=O) groups excluding carboxylic acids is 1. The van der Waals surface area contributed by atoms with Crippen LogP contribution in [-0.2, 0) is 14.8 Å². The SMILES string of the molecule is Cc1nc2cc(NC(=O)c3ccc(Cl)c(S(=O)(=O)NC[C@@H]4CCCO4)c3)ccc2o1. The summed E-state index contributed by atoms with van der Waals surface area (Å²) in [5.74, 6) is 0.0540. The molecule has 2 aromatic carbocycles. The predicted octanol–water partition coefficient (Wildman–Crippen LogP) is 3.50. The molecule has 2 heterocycles. The topological polar surface area (TPSA) is 111 Å². The minimum Gasteiger partial charge on any atom is -0.441 e. The van der Waals surface area contributed by atoms with Gasteiger partial charge in [-0.3, -0.25) is 4.79 Å². The number of rotatable bonds is 6. The average molecular weight is 450 g/mol. The lowest BCUT2D eigenvalue weighted by Gasteiger charge is -2.13. The lowest BCUT2D eigenvalue weighted by atomic mass is 10.2. The van der Waals surface area contributed by atoms with Gasteiger partial charge < -0.3 is 14.5 Å². The van der Waals surface area contributed by atoms with Gasteiger partial charge in [0, 0.05) is 31.3 Å². The van der Waals surface area contributed by atoms with Crippen molar-refractivity contribution in [2.24, 2.45) is 0 Å². The number of hydrogen-bond donors (Lipinski definition) is 2. The van der Waals surface area contributed by atoms with Gasteiger partial charge in [-0.05, 0) is 49.2 Å². The molecular formula is C20H20ClN3O5S. The van der Waals surface area contributed by atoms with Gasteiger partial charge in [0.15, 0.2) is 11.5 Å². The Balaban J connectivity index is 1.52. The van der Waals surface area contributed by atoms with Crippen LogP contribution >= 0.6 is 11.6 Å². The molecule has 1 aliphatic heterocycles. The molecule has 1 fully saturated rings. The highest BCUT2D eigenvalue weighted by Gasteiger charge is 2.23. The number of aryl methyl sites for hydroxylation is 1. The van der Waals surface area contributed by atoms with Crippen LogP contribution in [-0.4, -0.2) is 38.6 Å². The third-order valence-electron chi connectivity index (χ3n) is 4.76. The molecule has 4 rings (SSSR count). The summed E-state index contributed by atoms with van der Waals surface area (Å²) in [4.78, 5) is 16.8. The van der Waals surface area contributed by atoms with Crippen molar-refractivity contribution in [1.29, 1.82) is 0 Å². The molecule has 10 heteroatoms. The molecule has 0 bridgehead atoms. The van der Waals surface area contributed by atoms with Crippen LogP contribution in [0.4, 0.5) is 5.69 Å². The lowest BCUT2D eigenvalue weighted by molar-refractivity contribution is 0.102. The fourth-order valence-corrected chi connectivity index (χ4v) is 4.85. The van der Waals surface area contributed by atoms with Crippen LogP contribution in [0.2, 0.25) is 5.02 Å². The Labute approximate surface area is 178 Å². The number of nitrogens with zero attached hydrogens (tertiary/aromatic N) is 1. The van der Waals surface area contributed by atoms with Crippen LogP contribution in [0.3, 0.4) is 0 Å². The summed E-state index contributed by atoms with van der Waals surface area (Å²) in [5.41, 5.74) is 1.90. The number of aromatic nitrogens is 1. The maximum absolute atomic E-state index is 12.7. The number of hydrogen-bond acceptors (Lipinski definition) is 6. The van der Waals surface area contributed by atoms with E-state index in [1.54, 1.807) is 25.1 Å². The number of ether oxygens (including phenoxy) is 1. The second kappa shape index (κ2) is 8.35. The Bertz CT molecular complexity index is 1200. The van der Waals surface area contributed by atoms with Gasteiger partial charge in [-0.25, -0.2) is 18.1 Å². The van der Waals surface area contributed by atoms with Gasteiger partial charge in [-0.15, -0.1) is 0 Å². The van der Waals surface area contributed by atoms with Gasteiger partial charge in [-0.2, -0.15) is 0 Å². The Morgan fingerprint density at radius 1 is 1.27 bits per heavy atom. The summed E-state index contributed by atoms with van der Waals surface area (Å²) in [6.45, 7) is 2.52. The summed E-state index contributed by atoms with van der Waals surface area (Å²) in [6.07, 6.45) is 1.55. The van der Waals surface area contributed by atoms with Gasteiger partial charge in [0.05, 0.1) is 11.1 Å². The van der Waals surface area contributed by atoms with E-state index in [4.69, 9.17) is 20.8 Å². The first-order valence-corrected chi connectivity index (χ1v) is 11.3. The first kappa shape index (κ1) is 20.8. The van der Waals surface area contributed by atoms with E-state index in [-0.39, 0.29) is 28.1 Å². The lowest BCUT2D eigenvalue weighted by Crippen LogP contribution is -2.32. The summed E-state index contributed by atoms with van der Waals surface area (Å²) in [6, 6.07) is 9.19. The number of benzene rings is 2. The molecule has 0 saturated carbocycles. The monoisotopic (exact) mass is 449 g/mol. The van der Waals surface area contributed by atoms with Crippen molar-refractivity contribution < 1.29 is 22.4 Å². The molecule has 1 saturated heterocycles. The Morgan fingerprint density at radius 2 is 2.10 bits per heavy atom. The summed E-state index contributed by atoms with van der Waals surface area (Å²) < 4.78 is 38.7. The largest absolute Gasteiger partial charge is 0.441 e. The molecule has 0 aliphatic carbocycles. The van der Waals surface area contributed by atoms with E-state index < -0.39 is 15.9 Å². The second-order valence-corrected chi connectivity index (χ2v) is 9.14. The van der Waals surface area contributed by atoms with E-state index in [1.807, 2.05) is 0 Å². The zero-order valence-corrected chi connectivity index (χ0v) is 17.7. The summed E-state index contributed by atoms with van der Waals surface area (Å²) in [5, 5.41) is 2.77. The van der Waals surface area contributed by atoms with Crippen molar-refractivity contribution in [1.82, 2.24) is 9.71 Å². The maximum atomic E-state index is 12.7. The standard InChI is InChI=1S/C20H20ClN3O5S/c1-12-23-17-10-14(5-7-18(17)29-12)24-20(25)13-4-6-16(21)19(9-13)30(26,27)22-11-15-3-2-8-28-15/h4-7,9-10,15,22H,2-3,8,11H2,1H3,(H,24,25)/t15-/m0/s1. The number of anilines is 1. The van der Waals surface area contributed by atoms with E-state index >= 15 is 0 Å². The third-order valence-corrected chi connectivity index (χ3v) is 6.67. The van der Waals surface area contributed by atoms with Crippen molar-refractivity contribution in [3.05, 3.63) is 52.9 Å². The van der Waals surface area contributed by atoms with E-state index in [0.29, 0.717) is 29.3 Å². The number of sulfonamides is 1. The van der Waals surface area contributed by atoms with E-state index in [2.05, 4.69) is 15.0 Å². The van der Waals surface area contributed by atoms with Crippen LogP contribution in [0.1, 0.15) is 29.1 Å². The molecule has 1 aromatic heterocycles. The Kier molecular flexibility index (Phi) is 5.79. The molecule has 1 amide bonds. The van der Waals surface area contributed by atoms with E-state index in [1.165, 1.54) is 18.2 Å². The fraction of sp³-hybridized carbons (Fsp3) is 0.300. The zero-order chi connectivity index (χ0) is 21.3. The van der Waals surface area contributed by atoms with Crippen LogP contribution < -0.4 is 10.0 Å². The van der Waals surface area contributed by atoms with Gasteiger partial charge >= 0.3 is 0 Å². The minimum atomic E-state index is -3.90. The molecule has 0 spiro atoms. The van der Waals surface area contributed by atoms with Gasteiger partial charge in [0.1, 0.15) is 10.4 Å². The minimum absolute atomic E-state index is 0.0332. The number of carbonyl (C=O) groups is 1. The van der Waals surface area contributed by atoms with Crippen LogP contribution in [0.15, 0.2) is 45.7 Å². The van der Waals surface area contributed by atoms with Crippen LogP contribution in [0.25, 0.3) is 11.1 Å².